The van der Waals surface area contributed by atoms with Crippen LogP contribution in [0.5, 0.6) is 0 Å². The summed E-state index contributed by atoms with van der Waals surface area (Å²) in [7, 11) is 0. The van der Waals surface area contributed by atoms with Crippen molar-refractivity contribution in [2.24, 2.45) is 5.92 Å². The van der Waals surface area contributed by atoms with Crippen LogP contribution in [0.1, 0.15) is 31.2 Å². The van der Waals surface area contributed by atoms with Gasteiger partial charge in [-0.1, -0.05) is 6.07 Å². The molecule has 0 unspecified atom stereocenters. The molecule has 130 valence electrons. The smallest absolute Gasteiger partial charge is 0.226 e. The molecule has 1 aromatic rings. The second-order valence-electron chi connectivity index (χ2n) is 7.04. The summed E-state index contributed by atoms with van der Waals surface area (Å²) in [5, 5.41) is 9.49. The van der Waals surface area contributed by atoms with Crippen LogP contribution in [0, 0.1) is 5.92 Å². The molecule has 1 N–H and O–H groups in total. The minimum Gasteiger partial charge on any atom is -0.393 e. The number of hydrogen-bond acceptors (Lipinski definition) is 5. The Morgan fingerprint density at radius 1 is 1.42 bits per heavy atom. The first-order valence-electron chi connectivity index (χ1n) is 8.83. The molecule has 1 aromatic heterocycles. The zero-order valence-electron chi connectivity index (χ0n) is 13.7. The van der Waals surface area contributed by atoms with Gasteiger partial charge in [-0.25, -0.2) is 0 Å². The number of hydrogen-bond donors (Lipinski definition) is 1. The molecule has 6 heteroatoms. The van der Waals surface area contributed by atoms with Gasteiger partial charge in [-0.05, 0) is 37.3 Å². The van der Waals surface area contributed by atoms with Crippen molar-refractivity contribution in [3.8, 4) is 0 Å². The van der Waals surface area contributed by atoms with Crippen molar-refractivity contribution in [2.75, 3.05) is 13.2 Å². The minimum atomic E-state index is -0.309. The Morgan fingerprint density at radius 3 is 3.04 bits per heavy atom. The molecule has 1 amide bonds. The number of fused-ring (bicyclic) bond motifs is 2. The fourth-order valence-corrected chi connectivity index (χ4v) is 4.08. The van der Waals surface area contributed by atoms with Crippen LogP contribution < -0.4 is 0 Å². The molecule has 3 atom stereocenters. The van der Waals surface area contributed by atoms with Gasteiger partial charge in [0.25, 0.3) is 0 Å². The lowest BCUT2D eigenvalue weighted by Crippen LogP contribution is -2.51. The molecule has 3 aliphatic rings. The second kappa shape index (κ2) is 6.78. The van der Waals surface area contributed by atoms with Crippen LogP contribution in [0.3, 0.4) is 0 Å². The van der Waals surface area contributed by atoms with Crippen molar-refractivity contribution < 1.29 is 19.4 Å². The fraction of sp³-hybridized carbons (Fsp3) is 0.667. The Bertz CT molecular complexity index is 576. The topological polar surface area (TPSA) is 71.9 Å². The molecule has 0 aromatic carbocycles. The van der Waals surface area contributed by atoms with Gasteiger partial charge in [0.1, 0.15) is 6.10 Å². The predicted molar refractivity (Wildman–Crippen MR) is 86.0 cm³/mol. The number of aliphatic hydroxyl groups excluding tert-OH is 1. The summed E-state index contributed by atoms with van der Waals surface area (Å²) in [6.07, 6.45) is 6.26. The Kier molecular flexibility index (Phi) is 4.52. The van der Waals surface area contributed by atoms with Crippen molar-refractivity contribution >= 4 is 5.91 Å². The number of pyridine rings is 1. The zero-order valence-corrected chi connectivity index (χ0v) is 13.7. The molecule has 2 bridgehead atoms. The Hall–Kier alpha value is -1.50. The van der Waals surface area contributed by atoms with Crippen LogP contribution in [-0.4, -0.2) is 58.4 Å². The molecular formula is C18H24N2O4. The quantitative estimate of drug-likeness (QED) is 0.895. The number of carbonyl (C=O) groups is 1. The third-order valence-corrected chi connectivity index (χ3v) is 5.47. The number of nitrogens with zero attached hydrogens (tertiary/aromatic N) is 2. The summed E-state index contributed by atoms with van der Waals surface area (Å²) < 4.78 is 12.1. The van der Waals surface area contributed by atoms with Crippen LogP contribution in [-0.2, 0) is 20.9 Å². The molecule has 1 saturated heterocycles. The van der Waals surface area contributed by atoms with E-state index in [9.17, 15) is 9.90 Å². The highest BCUT2D eigenvalue weighted by atomic mass is 16.5. The minimum absolute atomic E-state index is 0.0314. The molecule has 0 radical (unpaired) electrons. The van der Waals surface area contributed by atoms with Gasteiger partial charge in [-0.3, -0.25) is 9.78 Å². The summed E-state index contributed by atoms with van der Waals surface area (Å²) in [6.45, 7) is 1.67. The monoisotopic (exact) mass is 332 g/mol. The van der Waals surface area contributed by atoms with Gasteiger partial charge in [0.15, 0.2) is 0 Å². The van der Waals surface area contributed by atoms with Gasteiger partial charge in [0.05, 0.1) is 31.5 Å². The first-order chi connectivity index (χ1) is 11.7. The lowest BCUT2D eigenvalue weighted by molar-refractivity contribution is -0.147. The normalized spacial score (nSPS) is 35.4. The van der Waals surface area contributed by atoms with E-state index < -0.39 is 0 Å². The molecule has 1 aliphatic heterocycles. The first-order valence-corrected chi connectivity index (χ1v) is 8.83. The zero-order chi connectivity index (χ0) is 16.5. The van der Waals surface area contributed by atoms with Crippen molar-refractivity contribution in [3.63, 3.8) is 0 Å². The van der Waals surface area contributed by atoms with Crippen LogP contribution >= 0.6 is 0 Å². The Morgan fingerprint density at radius 2 is 2.29 bits per heavy atom. The van der Waals surface area contributed by atoms with Crippen LogP contribution in [0.4, 0.5) is 0 Å². The van der Waals surface area contributed by atoms with Gasteiger partial charge in [-0.15, -0.1) is 0 Å². The standard InChI is InChI=1S/C18H24N2O4/c21-14-8-13(9-14)18(22)20-6-7-23-16-4-3-15(20)17(16)24-11-12-2-1-5-19-10-12/h1-2,5,10,13-17,21H,3-4,6-9,11H2/t13?,14?,15-,16-,17+/m0/s1. The Labute approximate surface area is 141 Å². The van der Waals surface area contributed by atoms with Gasteiger partial charge in [0.2, 0.25) is 5.91 Å². The van der Waals surface area contributed by atoms with Crippen molar-refractivity contribution in [2.45, 2.75) is 56.6 Å². The molecular weight excluding hydrogens is 308 g/mol. The summed E-state index contributed by atoms with van der Waals surface area (Å²) in [5.74, 6) is 0.127. The van der Waals surface area contributed by atoms with E-state index >= 15 is 0 Å². The van der Waals surface area contributed by atoms with E-state index in [1.807, 2.05) is 17.0 Å². The number of aromatic nitrogens is 1. The van der Waals surface area contributed by atoms with E-state index in [4.69, 9.17) is 9.47 Å². The van der Waals surface area contributed by atoms with Gasteiger partial charge in [0, 0.05) is 24.9 Å². The first kappa shape index (κ1) is 16.0. The number of amides is 1. The van der Waals surface area contributed by atoms with Crippen molar-refractivity contribution in [3.05, 3.63) is 30.1 Å². The maximum atomic E-state index is 12.8. The van der Waals surface area contributed by atoms with Gasteiger partial charge in [-0.2, -0.15) is 0 Å². The lowest BCUT2D eigenvalue weighted by Gasteiger charge is -2.38. The fourth-order valence-electron chi connectivity index (χ4n) is 4.08. The van der Waals surface area contributed by atoms with Crippen molar-refractivity contribution in [1.29, 1.82) is 0 Å². The SMILES string of the molecule is O=C(C1CC(O)C1)N1CCO[C@H]2CC[C@H]1[C@H]2OCc1cccnc1. The van der Waals surface area contributed by atoms with Crippen LogP contribution in [0.25, 0.3) is 0 Å². The number of ether oxygens (including phenoxy) is 2. The van der Waals surface area contributed by atoms with Crippen LogP contribution in [0.2, 0.25) is 0 Å². The van der Waals surface area contributed by atoms with E-state index in [0.29, 0.717) is 32.6 Å². The largest absolute Gasteiger partial charge is 0.393 e. The average molecular weight is 332 g/mol. The molecule has 2 saturated carbocycles. The maximum Gasteiger partial charge on any atom is 0.226 e. The molecule has 4 rings (SSSR count). The third kappa shape index (κ3) is 3.06. The summed E-state index contributed by atoms with van der Waals surface area (Å²) >= 11 is 0. The van der Waals surface area contributed by atoms with E-state index in [1.54, 1.807) is 12.4 Å². The highest BCUT2D eigenvalue weighted by Crippen LogP contribution is 2.36. The number of rotatable bonds is 4. The number of carbonyl (C=O) groups excluding carboxylic acids is 1. The molecule has 3 fully saturated rings. The average Bonchev–Trinajstić information content (AvgIpc) is 2.86. The van der Waals surface area contributed by atoms with E-state index in [-0.39, 0.29) is 36.2 Å². The van der Waals surface area contributed by atoms with Gasteiger partial charge >= 0.3 is 0 Å². The molecule has 2 heterocycles. The highest BCUT2D eigenvalue weighted by molar-refractivity contribution is 5.80. The molecule has 6 nitrogen and oxygen atoms in total. The second-order valence-corrected chi connectivity index (χ2v) is 7.04. The van der Waals surface area contributed by atoms with E-state index in [1.165, 1.54) is 0 Å². The van der Waals surface area contributed by atoms with Crippen LogP contribution in [0.15, 0.2) is 24.5 Å². The summed E-state index contributed by atoms with van der Waals surface area (Å²) in [6, 6.07) is 3.97. The molecule has 24 heavy (non-hydrogen) atoms. The maximum absolute atomic E-state index is 12.8. The highest BCUT2D eigenvalue weighted by Gasteiger charge is 2.47. The van der Waals surface area contributed by atoms with E-state index in [2.05, 4.69) is 4.98 Å². The lowest BCUT2D eigenvalue weighted by atomic mass is 9.81. The predicted octanol–water partition coefficient (Wildman–Crippen LogP) is 1.13. The Balaban J connectivity index is 1.44. The summed E-state index contributed by atoms with van der Waals surface area (Å²) in [5.41, 5.74) is 1.03. The molecule has 0 spiro atoms. The van der Waals surface area contributed by atoms with Gasteiger partial charge < -0.3 is 19.5 Å². The molecule has 2 aliphatic carbocycles. The third-order valence-electron chi connectivity index (χ3n) is 5.47. The van der Waals surface area contributed by atoms with E-state index in [0.717, 1.165) is 18.4 Å². The van der Waals surface area contributed by atoms with Crippen molar-refractivity contribution in [1.82, 2.24) is 9.88 Å². The summed E-state index contributed by atoms with van der Waals surface area (Å²) in [4.78, 5) is 18.8. The number of aliphatic hydroxyl groups is 1.